The summed E-state index contributed by atoms with van der Waals surface area (Å²) in [6, 6.07) is 4.36. The Morgan fingerprint density at radius 2 is 2.14 bits per heavy atom. The van der Waals surface area contributed by atoms with E-state index in [-0.39, 0.29) is 23.6 Å². The van der Waals surface area contributed by atoms with Crippen molar-refractivity contribution < 1.29 is 13.9 Å². The predicted octanol–water partition coefficient (Wildman–Crippen LogP) is 3.70. The molecule has 0 aliphatic heterocycles. The van der Waals surface area contributed by atoms with Crippen LogP contribution in [-0.4, -0.2) is 22.5 Å². The Morgan fingerprint density at radius 1 is 1.36 bits per heavy atom. The number of aromatic nitrogens is 2. The molecular formula is C17H15FN2O2. The monoisotopic (exact) mass is 298 g/mol. The molecule has 0 radical (unpaired) electrons. The molecule has 0 bridgehead atoms. The SMILES string of the molecule is C=CC=C(C=C)c1nc(C(=O)OCC)c2cccc(F)c2n1. The summed E-state index contributed by atoms with van der Waals surface area (Å²) in [7, 11) is 0. The van der Waals surface area contributed by atoms with Gasteiger partial charge in [0.15, 0.2) is 11.5 Å². The highest BCUT2D eigenvalue weighted by Crippen LogP contribution is 2.22. The van der Waals surface area contributed by atoms with Crippen LogP contribution in [0.5, 0.6) is 0 Å². The van der Waals surface area contributed by atoms with E-state index in [1.165, 1.54) is 24.3 Å². The minimum Gasteiger partial charge on any atom is -0.461 e. The maximum Gasteiger partial charge on any atom is 0.357 e. The van der Waals surface area contributed by atoms with Crippen LogP contribution in [0.4, 0.5) is 4.39 Å². The summed E-state index contributed by atoms with van der Waals surface area (Å²) in [5.41, 5.74) is 0.622. The first-order chi connectivity index (χ1) is 10.6. The predicted molar refractivity (Wildman–Crippen MR) is 83.8 cm³/mol. The third kappa shape index (κ3) is 2.93. The third-order valence-electron chi connectivity index (χ3n) is 2.92. The van der Waals surface area contributed by atoms with Crippen LogP contribution in [0, 0.1) is 5.82 Å². The van der Waals surface area contributed by atoms with E-state index in [1.807, 2.05) is 0 Å². The van der Waals surface area contributed by atoms with E-state index in [0.29, 0.717) is 11.0 Å². The highest BCUT2D eigenvalue weighted by atomic mass is 19.1. The molecule has 0 aliphatic carbocycles. The van der Waals surface area contributed by atoms with E-state index in [1.54, 1.807) is 19.1 Å². The zero-order chi connectivity index (χ0) is 16.1. The van der Waals surface area contributed by atoms with Gasteiger partial charge in [-0.15, -0.1) is 0 Å². The topological polar surface area (TPSA) is 52.1 Å². The van der Waals surface area contributed by atoms with Gasteiger partial charge in [0, 0.05) is 11.0 Å². The van der Waals surface area contributed by atoms with Crippen molar-refractivity contribution in [3.8, 4) is 0 Å². The molecule has 0 unspecified atom stereocenters. The summed E-state index contributed by atoms with van der Waals surface area (Å²) in [6.07, 6.45) is 4.68. The van der Waals surface area contributed by atoms with Gasteiger partial charge in [0.25, 0.3) is 0 Å². The maximum atomic E-state index is 14.0. The number of benzene rings is 1. The van der Waals surface area contributed by atoms with Gasteiger partial charge in [0.05, 0.1) is 6.61 Å². The lowest BCUT2D eigenvalue weighted by atomic mass is 10.1. The minimum atomic E-state index is -0.622. The van der Waals surface area contributed by atoms with Crippen LogP contribution in [0.15, 0.2) is 49.6 Å². The van der Waals surface area contributed by atoms with Crippen LogP contribution < -0.4 is 0 Å². The number of para-hydroxylation sites is 1. The highest BCUT2D eigenvalue weighted by Gasteiger charge is 2.18. The summed E-state index contributed by atoms with van der Waals surface area (Å²) in [6.45, 7) is 9.15. The summed E-state index contributed by atoms with van der Waals surface area (Å²) in [5, 5.41) is 0.309. The molecule has 0 fully saturated rings. The van der Waals surface area contributed by atoms with Crippen molar-refractivity contribution in [2.75, 3.05) is 6.61 Å². The fourth-order valence-electron chi connectivity index (χ4n) is 1.96. The fraction of sp³-hybridized carbons (Fsp3) is 0.118. The first-order valence-corrected chi connectivity index (χ1v) is 6.71. The normalized spacial score (nSPS) is 11.3. The molecule has 1 aromatic carbocycles. The second kappa shape index (κ2) is 6.76. The number of hydrogen-bond acceptors (Lipinski definition) is 4. The largest absolute Gasteiger partial charge is 0.461 e. The number of rotatable bonds is 5. The van der Waals surface area contributed by atoms with Gasteiger partial charge in [0.1, 0.15) is 11.3 Å². The average molecular weight is 298 g/mol. The molecular weight excluding hydrogens is 283 g/mol. The van der Waals surface area contributed by atoms with E-state index in [0.717, 1.165) is 0 Å². The van der Waals surface area contributed by atoms with Crippen molar-refractivity contribution in [3.63, 3.8) is 0 Å². The Hall–Kier alpha value is -2.82. The number of carbonyl (C=O) groups is 1. The van der Waals surface area contributed by atoms with Gasteiger partial charge >= 0.3 is 5.97 Å². The molecule has 0 N–H and O–H groups in total. The highest BCUT2D eigenvalue weighted by molar-refractivity contribution is 6.02. The van der Waals surface area contributed by atoms with Gasteiger partial charge in [-0.1, -0.05) is 43.5 Å². The second-order valence-electron chi connectivity index (χ2n) is 4.31. The summed E-state index contributed by atoms with van der Waals surface area (Å²) in [5.74, 6) is -0.965. The fourth-order valence-corrected chi connectivity index (χ4v) is 1.96. The quantitative estimate of drug-likeness (QED) is 0.624. The Kier molecular flexibility index (Phi) is 4.78. The molecule has 1 heterocycles. The van der Waals surface area contributed by atoms with Crippen molar-refractivity contribution in [2.24, 2.45) is 0 Å². The van der Waals surface area contributed by atoms with Crippen molar-refractivity contribution in [1.29, 1.82) is 0 Å². The first-order valence-electron chi connectivity index (χ1n) is 6.71. The number of esters is 1. The van der Waals surface area contributed by atoms with E-state index >= 15 is 0 Å². The zero-order valence-corrected chi connectivity index (χ0v) is 12.2. The lowest BCUT2D eigenvalue weighted by molar-refractivity contribution is 0.0522. The van der Waals surface area contributed by atoms with Crippen LogP contribution in [0.1, 0.15) is 23.2 Å². The molecule has 0 amide bonds. The number of ether oxygens (including phenoxy) is 1. The Balaban J connectivity index is 2.78. The molecule has 2 aromatic rings. The molecule has 5 heteroatoms. The number of fused-ring (bicyclic) bond motifs is 1. The third-order valence-corrected chi connectivity index (χ3v) is 2.92. The van der Waals surface area contributed by atoms with E-state index in [2.05, 4.69) is 23.1 Å². The van der Waals surface area contributed by atoms with Gasteiger partial charge in [-0.2, -0.15) is 0 Å². The number of nitrogens with zero attached hydrogens (tertiary/aromatic N) is 2. The van der Waals surface area contributed by atoms with Crippen molar-refractivity contribution in [2.45, 2.75) is 6.92 Å². The van der Waals surface area contributed by atoms with Gasteiger partial charge < -0.3 is 4.74 Å². The van der Waals surface area contributed by atoms with Crippen LogP contribution in [0.25, 0.3) is 16.5 Å². The van der Waals surface area contributed by atoms with Crippen LogP contribution in [0.2, 0.25) is 0 Å². The average Bonchev–Trinajstić information content (AvgIpc) is 2.52. The molecule has 0 aliphatic rings. The number of hydrogen-bond donors (Lipinski definition) is 0. The number of allylic oxidation sites excluding steroid dienone is 4. The smallest absolute Gasteiger partial charge is 0.357 e. The van der Waals surface area contributed by atoms with E-state index in [4.69, 9.17) is 4.74 Å². The number of halogens is 1. The van der Waals surface area contributed by atoms with E-state index in [9.17, 15) is 9.18 Å². The van der Waals surface area contributed by atoms with Crippen molar-refractivity contribution >= 4 is 22.4 Å². The molecule has 0 atom stereocenters. The van der Waals surface area contributed by atoms with Crippen molar-refractivity contribution in [3.05, 3.63) is 66.9 Å². The summed E-state index contributed by atoms with van der Waals surface area (Å²) >= 11 is 0. The lowest BCUT2D eigenvalue weighted by Crippen LogP contribution is -2.11. The Labute approximate surface area is 127 Å². The molecule has 0 saturated heterocycles. The lowest BCUT2D eigenvalue weighted by Gasteiger charge is -2.09. The Bertz CT molecular complexity index is 782. The molecule has 4 nitrogen and oxygen atoms in total. The molecule has 0 saturated carbocycles. The minimum absolute atomic E-state index is 0.0261. The maximum absolute atomic E-state index is 14.0. The standard InChI is InChI=1S/C17H15FN2O2/c1-4-8-11(5-2)16-19-14-12(9-7-10-13(14)18)15(20-16)17(21)22-6-3/h4-5,7-10H,1-2,6H2,3H3. The van der Waals surface area contributed by atoms with Crippen molar-refractivity contribution in [1.82, 2.24) is 9.97 Å². The van der Waals surface area contributed by atoms with Crippen LogP contribution >= 0.6 is 0 Å². The summed E-state index contributed by atoms with van der Waals surface area (Å²) in [4.78, 5) is 20.5. The summed E-state index contributed by atoms with van der Waals surface area (Å²) < 4.78 is 19.0. The molecule has 112 valence electrons. The molecule has 22 heavy (non-hydrogen) atoms. The molecule has 0 spiro atoms. The van der Waals surface area contributed by atoms with Gasteiger partial charge in [0.2, 0.25) is 0 Å². The first kappa shape index (κ1) is 15.6. The molecule has 2 rings (SSSR count). The Morgan fingerprint density at radius 3 is 2.77 bits per heavy atom. The molecule has 1 aromatic heterocycles. The zero-order valence-electron chi connectivity index (χ0n) is 12.2. The van der Waals surface area contributed by atoms with Gasteiger partial charge in [-0.3, -0.25) is 0 Å². The number of carbonyl (C=O) groups excluding carboxylic acids is 1. The van der Waals surface area contributed by atoms with E-state index < -0.39 is 11.8 Å². The van der Waals surface area contributed by atoms with Crippen LogP contribution in [-0.2, 0) is 4.74 Å². The van der Waals surface area contributed by atoms with Gasteiger partial charge in [-0.25, -0.2) is 19.2 Å². The van der Waals surface area contributed by atoms with Crippen LogP contribution in [0.3, 0.4) is 0 Å². The van der Waals surface area contributed by atoms with Gasteiger partial charge in [-0.05, 0) is 13.0 Å². The second-order valence-corrected chi connectivity index (χ2v) is 4.31.